The number of hydrogen-bond donors (Lipinski definition) is 2. The van der Waals surface area contributed by atoms with E-state index in [1.54, 1.807) is 25.1 Å². The van der Waals surface area contributed by atoms with Crippen LogP contribution in [0.2, 0.25) is 0 Å². The summed E-state index contributed by atoms with van der Waals surface area (Å²) in [7, 11) is 0. The van der Waals surface area contributed by atoms with Gasteiger partial charge in [-0.3, -0.25) is 0 Å². The Morgan fingerprint density at radius 2 is 1.74 bits per heavy atom. The SMILES string of the molecule is C[C@H](O)[C@@H](O)c1cccc(OCc2ccccc2)c1. The van der Waals surface area contributed by atoms with Gasteiger partial charge in [0.05, 0.1) is 6.10 Å². The van der Waals surface area contributed by atoms with E-state index in [0.717, 1.165) is 5.56 Å². The second kappa shape index (κ2) is 6.36. The molecule has 0 aliphatic rings. The van der Waals surface area contributed by atoms with Crippen LogP contribution in [0, 0.1) is 0 Å². The van der Waals surface area contributed by atoms with Gasteiger partial charge in [-0.05, 0) is 30.2 Å². The van der Waals surface area contributed by atoms with Gasteiger partial charge in [-0.1, -0.05) is 42.5 Å². The van der Waals surface area contributed by atoms with Crippen LogP contribution < -0.4 is 4.74 Å². The van der Waals surface area contributed by atoms with Crippen LogP contribution in [0.3, 0.4) is 0 Å². The highest BCUT2D eigenvalue weighted by Gasteiger charge is 2.13. The van der Waals surface area contributed by atoms with Crippen molar-refractivity contribution in [3.63, 3.8) is 0 Å². The zero-order valence-corrected chi connectivity index (χ0v) is 10.9. The maximum absolute atomic E-state index is 9.80. The van der Waals surface area contributed by atoms with Crippen molar-refractivity contribution >= 4 is 0 Å². The smallest absolute Gasteiger partial charge is 0.120 e. The molecule has 2 N–H and O–H groups in total. The minimum Gasteiger partial charge on any atom is -0.489 e. The summed E-state index contributed by atoms with van der Waals surface area (Å²) in [6.07, 6.45) is -1.69. The molecule has 3 nitrogen and oxygen atoms in total. The fourth-order valence-corrected chi connectivity index (χ4v) is 1.81. The zero-order chi connectivity index (χ0) is 13.7. The van der Waals surface area contributed by atoms with E-state index >= 15 is 0 Å². The van der Waals surface area contributed by atoms with Gasteiger partial charge in [-0.15, -0.1) is 0 Å². The lowest BCUT2D eigenvalue weighted by Gasteiger charge is -2.15. The van der Waals surface area contributed by atoms with E-state index in [1.807, 2.05) is 36.4 Å². The molecule has 0 aliphatic carbocycles. The summed E-state index contributed by atoms with van der Waals surface area (Å²) in [4.78, 5) is 0. The molecule has 2 aromatic rings. The van der Waals surface area contributed by atoms with Gasteiger partial charge in [-0.25, -0.2) is 0 Å². The minimum atomic E-state index is -0.889. The second-order valence-corrected chi connectivity index (χ2v) is 4.53. The molecule has 2 rings (SSSR count). The summed E-state index contributed by atoms with van der Waals surface area (Å²) in [5, 5.41) is 19.2. The molecule has 2 atom stereocenters. The van der Waals surface area contributed by atoms with Gasteiger partial charge < -0.3 is 14.9 Å². The van der Waals surface area contributed by atoms with Crippen molar-refractivity contribution in [2.24, 2.45) is 0 Å². The van der Waals surface area contributed by atoms with E-state index in [4.69, 9.17) is 4.74 Å². The van der Waals surface area contributed by atoms with Crippen LogP contribution in [0.25, 0.3) is 0 Å². The molecule has 0 aliphatic heterocycles. The maximum Gasteiger partial charge on any atom is 0.120 e. The number of hydrogen-bond acceptors (Lipinski definition) is 3. The molecule has 3 heteroatoms. The molecule has 2 aromatic carbocycles. The molecule has 19 heavy (non-hydrogen) atoms. The number of benzene rings is 2. The quantitative estimate of drug-likeness (QED) is 0.867. The third kappa shape index (κ3) is 3.81. The monoisotopic (exact) mass is 258 g/mol. The lowest BCUT2D eigenvalue weighted by atomic mass is 10.1. The highest BCUT2D eigenvalue weighted by Crippen LogP contribution is 2.22. The molecule has 0 fully saturated rings. The molecule has 0 radical (unpaired) electrons. The predicted octanol–water partition coefficient (Wildman–Crippen LogP) is 2.68. The summed E-state index contributed by atoms with van der Waals surface area (Å²) < 4.78 is 5.67. The Bertz CT molecular complexity index is 508. The predicted molar refractivity (Wildman–Crippen MR) is 73.9 cm³/mol. The Kier molecular flexibility index (Phi) is 4.55. The summed E-state index contributed by atoms with van der Waals surface area (Å²) in [6.45, 7) is 2.04. The molecular formula is C16H18O3. The molecule has 0 amide bonds. The van der Waals surface area contributed by atoms with Gasteiger partial charge in [0.15, 0.2) is 0 Å². The largest absolute Gasteiger partial charge is 0.489 e. The summed E-state index contributed by atoms with van der Waals surface area (Å²) >= 11 is 0. The maximum atomic E-state index is 9.80. The Hall–Kier alpha value is -1.84. The van der Waals surface area contributed by atoms with Crippen molar-refractivity contribution in [1.29, 1.82) is 0 Å². The molecular weight excluding hydrogens is 240 g/mol. The minimum absolute atomic E-state index is 0.481. The van der Waals surface area contributed by atoms with Crippen LogP contribution >= 0.6 is 0 Å². The third-order valence-electron chi connectivity index (χ3n) is 2.90. The van der Waals surface area contributed by atoms with Gasteiger partial charge in [-0.2, -0.15) is 0 Å². The van der Waals surface area contributed by atoms with E-state index < -0.39 is 12.2 Å². The van der Waals surface area contributed by atoms with Gasteiger partial charge >= 0.3 is 0 Å². The van der Waals surface area contributed by atoms with Gasteiger partial charge in [0.25, 0.3) is 0 Å². The highest BCUT2D eigenvalue weighted by molar-refractivity contribution is 5.30. The Balaban J connectivity index is 2.03. The van der Waals surface area contributed by atoms with Gasteiger partial charge in [0.1, 0.15) is 18.5 Å². The molecule has 0 spiro atoms. The van der Waals surface area contributed by atoms with E-state index in [9.17, 15) is 10.2 Å². The number of aliphatic hydroxyl groups excluding tert-OH is 2. The topological polar surface area (TPSA) is 49.7 Å². The van der Waals surface area contributed by atoms with E-state index in [-0.39, 0.29) is 0 Å². The molecule has 0 unspecified atom stereocenters. The fourth-order valence-electron chi connectivity index (χ4n) is 1.81. The molecule has 0 aromatic heterocycles. The lowest BCUT2D eigenvalue weighted by molar-refractivity contribution is 0.0304. The van der Waals surface area contributed by atoms with E-state index in [2.05, 4.69) is 0 Å². The van der Waals surface area contributed by atoms with Crippen LogP contribution in [-0.2, 0) is 6.61 Å². The van der Waals surface area contributed by atoms with E-state index in [1.165, 1.54) is 0 Å². The van der Waals surface area contributed by atoms with Crippen LogP contribution in [-0.4, -0.2) is 16.3 Å². The van der Waals surface area contributed by atoms with Gasteiger partial charge in [0.2, 0.25) is 0 Å². The summed E-state index contributed by atoms with van der Waals surface area (Å²) in [5.74, 6) is 0.682. The number of rotatable bonds is 5. The van der Waals surface area contributed by atoms with Crippen molar-refractivity contribution < 1.29 is 14.9 Å². The Morgan fingerprint density at radius 1 is 1.00 bits per heavy atom. The first-order valence-electron chi connectivity index (χ1n) is 6.29. The second-order valence-electron chi connectivity index (χ2n) is 4.53. The standard InChI is InChI=1S/C16H18O3/c1-12(17)16(18)14-8-5-9-15(10-14)19-11-13-6-3-2-4-7-13/h2-10,12,16-18H,11H2,1H3/t12-,16+/m0/s1. The Labute approximate surface area is 113 Å². The lowest BCUT2D eigenvalue weighted by Crippen LogP contribution is -2.13. The van der Waals surface area contributed by atoms with Crippen LogP contribution in [0.1, 0.15) is 24.2 Å². The van der Waals surface area contributed by atoms with Crippen LogP contribution in [0.15, 0.2) is 54.6 Å². The third-order valence-corrected chi connectivity index (χ3v) is 2.90. The first-order chi connectivity index (χ1) is 9.16. The molecule has 0 bridgehead atoms. The average molecular weight is 258 g/mol. The first-order valence-corrected chi connectivity index (χ1v) is 6.29. The zero-order valence-electron chi connectivity index (χ0n) is 10.9. The normalized spacial score (nSPS) is 13.8. The van der Waals surface area contributed by atoms with Crippen molar-refractivity contribution in [2.75, 3.05) is 0 Å². The number of aliphatic hydroxyl groups is 2. The van der Waals surface area contributed by atoms with Crippen molar-refractivity contribution in [3.05, 3.63) is 65.7 Å². The van der Waals surface area contributed by atoms with Crippen LogP contribution in [0.5, 0.6) is 5.75 Å². The molecule has 0 saturated carbocycles. The summed E-state index contributed by atoms with van der Waals surface area (Å²) in [5.41, 5.74) is 1.74. The van der Waals surface area contributed by atoms with Crippen LogP contribution in [0.4, 0.5) is 0 Å². The van der Waals surface area contributed by atoms with E-state index in [0.29, 0.717) is 17.9 Å². The van der Waals surface area contributed by atoms with Crippen molar-refractivity contribution in [2.45, 2.75) is 25.7 Å². The number of ether oxygens (including phenoxy) is 1. The van der Waals surface area contributed by atoms with Crippen molar-refractivity contribution in [1.82, 2.24) is 0 Å². The summed E-state index contributed by atoms with van der Waals surface area (Å²) in [6, 6.07) is 17.0. The molecule has 100 valence electrons. The first kappa shape index (κ1) is 13.6. The fraction of sp³-hybridized carbons (Fsp3) is 0.250. The van der Waals surface area contributed by atoms with Crippen molar-refractivity contribution in [3.8, 4) is 5.75 Å². The average Bonchev–Trinajstić information content (AvgIpc) is 2.45. The molecule has 0 heterocycles. The molecule has 0 saturated heterocycles. The highest BCUT2D eigenvalue weighted by atomic mass is 16.5. The Morgan fingerprint density at radius 3 is 2.42 bits per heavy atom. The van der Waals surface area contributed by atoms with Gasteiger partial charge in [0, 0.05) is 0 Å².